The summed E-state index contributed by atoms with van der Waals surface area (Å²) in [6.45, 7) is 6.23. The van der Waals surface area contributed by atoms with Crippen LogP contribution in [0.1, 0.15) is 35.0 Å². The monoisotopic (exact) mass is 271 g/mol. The van der Waals surface area contributed by atoms with E-state index in [1.807, 2.05) is 20.8 Å². The summed E-state index contributed by atoms with van der Waals surface area (Å²) >= 11 is 1.61. The van der Waals surface area contributed by atoms with E-state index in [1.165, 1.54) is 0 Å². The van der Waals surface area contributed by atoms with Crippen molar-refractivity contribution in [2.75, 3.05) is 13.7 Å². The van der Waals surface area contributed by atoms with Crippen LogP contribution < -0.4 is 11.1 Å². The van der Waals surface area contributed by atoms with Gasteiger partial charge in [-0.3, -0.25) is 4.79 Å². The van der Waals surface area contributed by atoms with Gasteiger partial charge in [-0.25, -0.2) is 4.98 Å². The van der Waals surface area contributed by atoms with Crippen molar-refractivity contribution in [1.82, 2.24) is 10.3 Å². The number of ether oxygens (including phenoxy) is 1. The Balaban J connectivity index is 2.57. The maximum absolute atomic E-state index is 11.8. The fourth-order valence-electron chi connectivity index (χ4n) is 1.78. The highest BCUT2D eigenvalue weighted by Gasteiger charge is 2.17. The summed E-state index contributed by atoms with van der Waals surface area (Å²) in [7, 11) is 1.56. The Morgan fingerprint density at radius 1 is 1.56 bits per heavy atom. The van der Waals surface area contributed by atoms with Crippen molar-refractivity contribution in [3.05, 3.63) is 15.6 Å². The second-order valence-electron chi connectivity index (χ2n) is 4.27. The lowest BCUT2D eigenvalue weighted by molar-refractivity contribution is -0.124. The quantitative estimate of drug-likeness (QED) is 0.817. The number of nitrogens with zero attached hydrogens (tertiary/aromatic N) is 1. The summed E-state index contributed by atoms with van der Waals surface area (Å²) in [5.41, 5.74) is 6.47. The molecule has 0 aliphatic carbocycles. The molecule has 2 atom stereocenters. The zero-order valence-electron chi connectivity index (χ0n) is 11.3. The molecule has 0 radical (unpaired) electrons. The molecule has 6 heteroatoms. The first-order valence-electron chi connectivity index (χ1n) is 5.94. The first-order chi connectivity index (χ1) is 8.47. The van der Waals surface area contributed by atoms with E-state index in [0.717, 1.165) is 15.6 Å². The highest BCUT2D eigenvalue weighted by Crippen LogP contribution is 2.24. The van der Waals surface area contributed by atoms with Crippen LogP contribution in [0.4, 0.5) is 0 Å². The summed E-state index contributed by atoms with van der Waals surface area (Å²) in [4.78, 5) is 17.3. The maximum atomic E-state index is 11.8. The van der Waals surface area contributed by atoms with Crippen LogP contribution in [0, 0.1) is 13.8 Å². The summed E-state index contributed by atoms with van der Waals surface area (Å²) in [6, 6.07) is -0.0287. The van der Waals surface area contributed by atoms with Gasteiger partial charge in [0.05, 0.1) is 29.3 Å². The third kappa shape index (κ3) is 4.04. The van der Waals surface area contributed by atoms with E-state index in [4.69, 9.17) is 10.5 Å². The Morgan fingerprint density at radius 2 is 2.22 bits per heavy atom. The van der Waals surface area contributed by atoms with Gasteiger partial charge < -0.3 is 15.8 Å². The molecule has 18 heavy (non-hydrogen) atoms. The van der Waals surface area contributed by atoms with Crippen molar-refractivity contribution in [3.8, 4) is 0 Å². The summed E-state index contributed by atoms with van der Waals surface area (Å²) < 4.78 is 5.09. The topological polar surface area (TPSA) is 77.2 Å². The molecule has 0 aliphatic rings. The Hall–Kier alpha value is -0.980. The van der Waals surface area contributed by atoms with E-state index in [0.29, 0.717) is 6.54 Å². The fourth-order valence-corrected chi connectivity index (χ4v) is 2.71. The Bertz CT molecular complexity index is 402. The number of nitrogens with one attached hydrogen (secondary N) is 1. The molecule has 102 valence electrons. The molecule has 1 heterocycles. The predicted octanol–water partition coefficient (Wildman–Crippen LogP) is 1.30. The Morgan fingerprint density at radius 3 is 2.67 bits per heavy atom. The predicted molar refractivity (Wildman–Crippen MR) is 72.6 cm³/mol. The van der Waals surface area contributed by atoms with Crippen molar-refractivity contribution >= 4 is 17.2 Å². The second kappa shape index (κ2) is 6.82. The Kier molecular flexibility index (Phi) is 5.71. The van der Waals surface area contributed by atoms with Crippen LogP contribution >= 0.6 is 11.3 Å². The van der Waals surface area contributed by atoms with Gasteiger partial charge >= 0.3 is 0 Å². The number of thiazole rings is 1. The van der Waals surface area contributed by atoms with E-state index in [9.17, 15) is 4.79 Å². The van der Waals surface area contributed by atoms with Gasteiger partial charge in [-0.15, -0.1) is 11.3 Å². The maximum Gasteiger partial charge on any atom is 0.223 e. The fraction of sp³-hybridized carbons (Fsp3) is 0.667. The number of nitrogens with two attached hydrogens (primary N) is 1. The zero-order valence-corrected chi connectivity index (χ0v) is 12.1. The largest absolute Gasteiger partial charge is 0.380 e. The highest BCUT2D eigenvalue weighted by atomic mass is 32.1. The minimum atomic E-state index is -0.221. The van der Waals surface area contributed by atoms with Gasteiger partial charge in [-0.1, -0.05) is 0 Å². The summed E-state index contributed by atoms with van der Waals surface area (Å²) in [5, 5.41) is 3.96. The molecule has 1 aromatic heterocycles. The summed E-state index contributed by atoms with van der Waals surface area (Å²) in [6.07, 6.45) is 0.0650. The van der Waals surface area contributed by atoms with Crippen LogP contribution in [0.5, 0.6) is 0 Å². The minimum absolute atomic E-state index is 0.0287. The van der Waals surface area contributed by atoms with E-state index < -0.39 is 0 Å². The number of aromatic nitrogens is 1. The molecule has 1 rings (SSSR count). The molecule has 0 fully saturated rings. The van der Waals surface area contributed by atoms with Crippen LogP contribution in [0.25, 0.3) is 0 Å². The third-order valence-corrected chi connectivity index (χ3v) is 3.98. The Labute approximate surface area is 112 Å². The first-order valence-corrected chi connectivity index (χ1v) is 6.75. The molecule has 1 amide bonds. The molecule has 0 saturated carbocycles. The lowest BCUT2D eigenvalue weighted by Crippen LogP contribution is -2.33. The lowest BCUT2D eigenvalue weighted by Gasteiger charge is -2.16. The van der Waals surface area contributed by atoms with Crippen molar-refractivity contribution in [2.45, 2.75) is 39.3 Å². The smallest absolute Gasteiger partial charge is 0.223 e. The van der Waals surface area contributed by atoms with Gasteiger partial charge in [-0.05, 0) is 20.8 Å². The molecule has 0 aliphatic heterocycles. The number of carbonyl (C=O) groups is 1. The normalized spacial score (nSPS) is 14.3. The van der Waals surface area contributed by atoms with Crippen LogP contribution in [0.2, 0.25) is 0 Å². The second-order valence-corrected chi connectivity index (χ2v) is 5.50. The zero-order chi connectivity index (χ0) is 13.7. The van der Waals surface area contributed by atoms with E-state index in [2.05, 4.69) is 10.3 Å². The molecule has 2 unspecified atom stereocenters. The van der Waals surface area contributed by atoms with Gasteiger partial charge in [0.2, 0.25) is 5.91 Å². The number of carbonyl (C=O) groups excluding carboxylic acids is 1. The molecule has 1 aromatic rings. The van der Waals surface area contributed by atoms with Crippen molar-refractivity contribution < 1.29 is 9.53 Å². The van der Waals surface area contributed by atoms with Gasteiger partial charge in [-0.2, -0.15) is 0 Å². The third-order valence-electron chi connectivity index (χ3n) is 2.72. The average molecular weight is 271 g/mol. The SMILES string of the molecule is COC(CN)CC(=O)NC(C)c1sc(C)nc1C. The molecule has 5 nitrogen and oxygen atoms in total. The van der Waals surface area contributed by atoms with E-state index in [1.54, 1.807) is 18.4 Å². The molecular formula is C12H21N3O2S. The molecule has 0 spiro atoms. The summed E-state index contributed by atoms with van der Waals surface area (Å²) in [5.74, 6) is -0.0507. The number of hydrogen-bond acceptors (Lipinski definition) is 5. The molecular weight excluding hydrogens is 250 g/mol. The minimum Gasteiger partial charge on any atom is -0.380 e. The van der Waals surface area contributed by atoms with Crippen LogP contribution in [-0.2, 0) is 9.53 Å². The van der Waals surface area contributed by atoms with Crippen molar-refractivity contribution in [1.29, 1.82) is 0 Å². The number of methoxy groups -OCH3 is 1. The van der Waals surface area contributed by atoms with Crippen molar-refractivity contribution in [3.63, 3.8) is 0 Å². The van der Waals surface area contributed by atoms with Crippen LogP contribution in [0.3, 0.4) is 0 Å². The average Bonchev–Trinajstić information content (AvgIpc) is 2.65. The van der Waals surface area contributed by atoms with E-state index in [-0.39, 0.29) is 24.5 Å². The number of aryl methyl sites for hydroxylation is 2. The first kappa shape index (κ1) is 15.1. The van der Waals surface area contributed by atoms with Gasteiger partial charge in [0.1, 0.15) is 0 Å². The molecule has 0 bridgehead atoms. The number of rotatable bonds is 6. The lowest BCUT2D eigenvalue weighted by atomic mass is 10.2. The molecule has 3 N–H and O–H groups in total. The van der Waals surface area contributed by atoms with Crippen LogP contribution in [-0.4, -0.2) is 30.6 Å². The van der Waals surface area contributed by atoms with Crippen LogP contribution in [0.15, 0.2) is 0 Å². The van der Waals surface area contributed by atoms with Gasteiger partial charge in [0.25, 0.3) is 0 Å². The highest BCUT2D eigenvalue weighted by molar-refractivity contribution is 7.11. The van der Waals surface area contributed by atoms with Crippen molar-refractivity contribution in [2.24, 2.45) is 5.73 Å². The standard InChI is InChI=1S/C12H21N3O2S/c1-7-12(18-9(3)14-7)8(2)15-11(16)5-10(6-13)17-4/h8,10H,5-6,13H2,1-4H3,(H,15,16). The van der Waals surface area contributed by atoms with E-state index >= 15 is 0 Å². The van der Waals surface area contributed by atoms with Gasteiger partial charge in [0.15, 0.2) is 0 Å². The molecule has 0 saturated heterocycles. The number of amides is 1. The van der Waals surface area contributed by atoms with Gasteiger partial charge in [0, 0.05) is 18.5 Å². The molecule has 0 aromatic carbocycles. The number of hydrogen-bond donors (Lipinski definition) is 2.